The van der Waals surface area contributed by atoms with Crippen LogP contribution in [0.1, 0.15) is 26.3 Å². The molecule has 0 fully saturated rings. The Morgan fingerprint density at radius 3 is 2.56 bits per heavy atom. The second-order valence-corrected chi connectivity index (χ2v) is 4.25. The predicted octanol–water partition coefficient (Wildman–Crippen LogP) is 1.94. The average Bonchev–Trinajstić information content (AvgIpc) is 2.19. The van der Waals surface area contributed by atoms with Crippen molar-refractivity contribution >= 4 is 0 Å². The lowest BCUT2D eigenvalue weighted by atomic mass is 10.2. The summed E-state index contributed by atoms with van der Waals surface area (Å²) in [6, 6.07) is 7.97. The number of hydrogen-bond donors (Lipinski definition) is 2. The maximum atomic E-state index is 9.15. The van der Waals surface area contributed by atoms with Crippen molar-refractivity contribution in [3.05, 3.63) is 29.8 Å². The van der Waals surface area contributed by atoms with Crippen molar-refractivity contribution in [2.24, 2.45) is 0 Å². The Balaban J connectivity index is 2.56. The van der Waals surface area contributed by atoms with Gasteiger partial charge in [0.05, 0.1) is 12.2 Å². The van der Waals surface area contributed by atoms with Gasteiger partial charge in [-0.1, -0.05) is 18.2 Å². The molecule has 0 aliphatic carbocycles. The highest BCUT2D eigenvalue weighted by Crippen LogP contribution is 2.18. The van der Waals surface area contributed by atoms with Crippen LogP contribution in [0.3, 0.4) is 0 Å². The zero-order chi connectivity index (χ0) is 12.0. The molecule has 0 saturated carbocycles. The first-order chi connectivity index (χ1) is 7.59. The summed E-state index contributed by atoms with van der Waals surface area (Å²) in [6.07, 6.45) is -0.143. The summed E-state index contributed by atoms with van der Waals surface area (Å²) in [5.74, 6) is 0.913. The Morgan fingerprint density at radius 1 is 1.25 bits per heavy atom. The largest absolute Gasteiger partial charge is 0.491 e. The number of aliphatic hydroxyl groups excluding tert-OH is 1. The van der Waals surface area contributed by atoms with Gasteiger partial charge in [-0.2, -0.15) is 0 Å². The minimum absolute atomic E-state index is 0.179. The predicted molar refractivity (Wildman–Crippen MR) is 65.6 cm³/mol. The van der Waals surface area contributed by atoms with Gasteiger partial charge in [0.15, 0.2) is 0 Å². The van der Waals surface area contributed by atoms with E-state index in [1.807, 2.05) is 38.1 Å². The van der Waals surface area contributed by atoms with E-state index in [9.17, 15) is 0 Å². The first kappa shape index (κ1) is 13.0. The Labute approximate surface area is 97.4 Å². The number of rotatable bonds is 6. The normalized spacial score (nSPS) is 12.8. The van der Waals surface area contributed by atoms with Crippen LogP contribution in [0.4, 0.5) is 0 Å². The molecular formula is C13H21NO2. The SMILES string of the molecule is CC(O)CNCc1ccccc1OC(C)C. The number of para-hydroxylation sites is 1. The summed E-state index contributed by atoms with van der Waals surface area (Å²) < 4.78 is 5.70. The van der Waals surface area contributed by atoms with Crippen LogP contribution < -0.4 is 10.1 Å². The molecule has 3 nitrogen and oxygen atoms in total. The molecular weight excluding hydrogens is 202 g/mol. The summed E-state index contributed by atoms with van der Waals surface area (Å²) >= 11 is 0. The first-order valence-corrected chi connectivity index (χ1v) is 5.73. The van der Waals surface area contributed by atoms with E-state index in [1.165, 1.54) is 0 Å². The van der Waals surface area contributed by atoms with E-state index in [0.717, 1.165) is 11.3 Å². The highest BCUT2D eigenvalue weighted by Gasteiger charge is 2.04. The molecule has 3 heteroatoms. The smallest absolute Gasteiger partial charge is 0.124 e. The maximum Gasteiger partial charge on any atom is 0.124 e. The van der Waals surface area contributed by atoms with Gasteiger partial charge in [-0.3, -0.25) is 0 Å². The highest BCUT2D eigenvalue weighted by atomic mass is 16.5. The van der Waals surface area contributed by atoms with Crippen LogP contribution in [0.5, 0.6) is 5.75 Å². The fourth-order valence-corrected chi connectivity index (χ4v) is 1.43. The minimum Gasteiger partial charge on any atom is -0.491 e. The zero-order valence-corrected chi connectivity index (χ0v) is 10.2. The average molecular weight is 223 g/mol. The van der Waals surface area contributed by atoms with Gasteiger partial charge in [-0.25, -0.2) is 0 Å². The van der Waals surface area contributed by atoms with Crippen molar-refractivity contribution in [1.29, 1.82) is 0 Å². The molecule has 1 aromatic rings. The van der Waals surface area contributed by atoms with Gasteiger partial charge < -0.3 is 15.2 Å². The summed E-state index contributed by atoms with van der Waals surface area (Å²) in [5.41, 5.74) is 1.12. The highest BCUT2D eigenvalue weighted by molar-refractivity contribution is 5.33. The minimum atomic E-state index is -0.321. The van der Waals surface area contributed by atoms with E-state index in [-0.39, 0.29) is 12.2 Å². The molecule has 2 N–H and O–H groups in total. The summed E-state index contributed by atoms with van der Waals surface area (Å²) in [6.45, 7) is 7.10. The number of benzene rings is 1. The van der Waals surface area contributed by atoms with E-state index in [1.54, 1.807) is 6.92 Å². The van der Waals surface area contributed by atoms with E-state index in [0.29, 0.717) is 13.1 Å². The van der Waals surface area contributed by atoms with Crippen molar-refractivity contribution in [3.63, 3.8) is 0 Å². The molecule has 0 amide bonds. The van der Waals surface area contributed by atoms with E-state index in [4.69, 9.17) is 9.84 Å². The van der Waals surface area contributed by atoms with Crippen LogP contribution >= 0.6 is 0 Å². The van der Waals surface area contributed by atoms with Gasteiger partial charge in [-0.05, 0) is 26.8 Å². The van der Waals surface area contributed by atoms with Gasteiger partial charge in [-0.15, -0.1) is 0 Å². The van der Waals surface area contributed by atoms with Gasteiger partial charge in [0.1, 0.15) is 5.75 Å². The van der Waals surface area contributed by atoms with Crippen molar-refractivity contribution < 1.29 is 9.84 Å². The topological polar surface area (TPSA) is 41.5 Å². The maximum absolute atomic E-state index is 9.15. The van der Waals surface area contributed by atoms with Crippen LogP contribution in [0.15, 0.2) is 24.3 Å². The monoisotopic (exact) mass is 223 g/mol. The molecule has 90 valence electrons. The van der Waals surface area contributed by atoms with Gasteiger partial charge >= 0.3 is 0 Å². The molecule has 1 aromatic carbocycles. The molecule has 0 aliphatic rings. The van der Waals surface area contributed by atoms with Crippen molar-refractivity contribution in [2.75, 3.05) is 6.54 Å². The number of nitrogens with one attached hydrogen (secondary N) is 1. The lowest BCUT2D eigenvalue weighted by molar-refractivity contribution is 0.190. The van der Waals surface area contributed by atoms with Gasteiger partial charge in [0, 0.05) is 18.7 Å². The number of ether oxygens (including phenoxy) is 1. The fraction of sp³-hybridized carbons (Fsp3) is 0.538. The third-order valence-electron chi connectivity index (χ3n) is 2.09. The molecule has 0 spiro atoms. The van der Waals surface area contributed by atoms with Crippen LogP contribution in [0.25, 0.3) is 0 Å². The lowest BCUT2D eigenvalue weighted by Crippen LogP contribution is -2.24. The molecule has 0 aromatic heterocycles. The number of hydrogen-bond acceptors (Lipinski definition) is 3. The van der Waals surface area contributed by atoms with E-state index < -0.39 is 0 Å². The Morgan fingerprint density at radius 2 is 1.94 bits per heavy atom. The summed E-state index contributed by atoms with van der Waals surface area (Å²) in [5, 5.41) is 12.3. The lowest BCUT2D eigenvalue weighted by Gasteiger charge is -2.15. The molecule has 0 bridgehead atoms. The van der Waals surface area contributed by atoms with E-state index >= 15 is 0 Å². The van der Waals surface area contributed by atoms with Gasteiger partial charge in [0.2, 0.25) is 0 Å². The van der Waals surface area contributed by atoms with Crippen LogP contribution in [-0.4, -0.2) is 23.9 Å². The summed E-state index contributed by atoms with van der Waals surface area (Å²) in [7, 11) is 0. The number of aliphatic hydroxyl groups is 1. The van der Waals surface area contributed by atoms with Crippen molar-refractivity contribution in [3.8, 4) is 5.75 Å². The van der Waals surface area contributed by atoms with Crippen LogP contribution in [-0.2, 0) is 6.54 Å². The fourth-order valence-electron chi connectivity index (χ4n) is 1.43. The van der Waals surface area contributed by atoms with Crippen molar-refractivity contribution in [1.82, 2.24) is 5.32 Å². The molecule has 1 atom stereocenters. The standard InChI is InChI=1S/C13H21NO2/c1-10(2)16-13-7-5-4-6-12(13)9-14-8-11(3)15/h4-7,10-11,14-15H,8-9H2,1-3H3. The third kappa shape index (κ3) is 4.64. The molecule has 1 rings (SSSR count). The quantitative estimate of drug-likeness (QED) is 0.774. The molecule has 0 aliphatic heterocycles. The second-order valence-electron chi connectivity index (χ2n) is 4.25. The molecule has 1 unspecified atom stereocenters. The van der Waals surface area contributed by atoms with Gasteiger partial charge in [0.25, 0.3) is 0 Å². The molecule has 0 heterocycles. The van der Waals surface area contributed by atoms with Crippen LogP contribution in [0.2, 0.25) is 0 Å². The zero-order valence-electron chi connectivity index (χ0n) is 10.2. The second kappa shape index (κ2) is 6.51. The molecule has 16 heavy (non-hydrogen) atoms. The Hall–Kier alpha value is -1.06. The summed E-state index contributed by atoms with van der Waals surface area (Å²) in [4.78, 5) is 0. The van der Waals surface area contributed by atoms with Crippen LogP contribution in [0, 0.1) is 0 Å². The van der Waals surface area contributed by atoms with E-state index in [2.05, 4.69) is 5.32 Å². The first-order valence-electron chi connectivity index (χ1n) is 5.73. The molecule has 0 radical (unpaired) electrons. The van der Waals surface area contributed by atoms with Crippen molar-refractivity contribution in [2.45, 2.75) is 39.5 Å². The Bertz CT molecular complexity index is 311. The molecule has 0 saturated heterocycles. The third-order valence-corrected chi connectivity index (χ3v) is 2.09. The Kier molecular flexibility index (Phi) is 5.29.